The third-order valence-electron chi connectivity index (χ3n) is 2.34. The molecule has 2 rings (SSSR count). The molecule has 1 aromatic carbocycles. The van der Waals surface area contributed by atoms with Gasteiger partial charge >= 0.3 is 5.97 Å². The quantitative estimate of drug-likeness (QED) is 0.930. The lowest BCUT2D eigenvalue weighted by atomic mass is 10.2. The van der Waals surface area contributed by atoms with Crippen LogP contribution in [0.3, 0.4) is 0 Å². The van der Waals surface area contributed by atoms with Gasteiger partial charge in [0.2, 0.25) is 0 Å². The van der Waals surface area contributed by atoms with Gasteiger partial charge in [-0.05, 0) is 24.3 Å². The van der Waals surface area contributed by atoms with E-state index in [1.54, 1.807) is 12.1 Å². The Morgan fingerprint density at radius 1 is 1.32 bits per heavy atom. The van der Waals surface area contributed by atoms with Crippen LogP contribution in [0.1, 0.15) is 10.4 Å². The molecule has 0 fully saturated rings. The van der Waals surface area contributed by atoms with Gasteiger partial charge < -0.3 is 14.6 Å². The number of carbonyl (C=O) groups is 1. The first-order valence-electron chi connectivity index (χ1n) is 5.31. The molecule has 0 saturated carbocycles. The molecular formula is C13H10ClNO4. The van der Waals surface area contributed by atoms with Crippen molar-refractivity contribution in [3.05, 3.63) is 47.1 Å². The molecule has 0 aliphatic heterocycles. The van der Waals surface area contributed by atoms with Crippen molar-refractivity contribution in [2.75, 3.05) is 7.11 Å². The van der Waals surface area contributed by atoms with Crippen molar-refractivity contribution >= 4 is 17.6 Å². The average molecular weight is 280 g/mol. The summed E-state index contributed by atoms with van der Waals surface area (Å²) < 4.78 is 10.6. The molecule has 0 aliphatic rings. The molecule has 1 aromatic heterocycles. The van der Waals surface area contributed by atoms with Crippen LogP contribution < -0.4 is 9.47 Å². The Bertz CT molecular complexity index is 615. The standard InChI is InChI=1S/C13H10ClNO4/c1-18-10-3-2-6-15-12(10)19-11-7-8(14)4-5-9(11)13(16)17/h2-7H,1H3,(H,16,17). The van der Waals surface area contributed by atoms with Gasteiger partial charge in [-0.25, -0.2) is 9.78 Å². The number of ether oxygens (including phenoxy) is 2. The number of hydrogen-bond acceptors (Lipinski definition) is 4. The lowest BCUT2D eigenvalue weighted by Crippen LogP contribution is -2.01. The molecule has 1 heterocycles. The molecule has 2 aromatic rings. The molecule has 0 unspecified atom stereocenters. The number of methoxy groups -OCH3 is 1. The fraction of sp³-hybridized carbons (Fsp3) is 0.0769. The van der Waals surface area contributed by atoms with Gasteiger partial charge in [0.25, 0.3) is 5.88 Å². The number of halogens is 1. The van der Waals surface area contributed by atoms with Gasteiger partial charge in [0.05, 0.1) is 7.11 Å². The minimum Gasteiger partial charge on any atom is -0.491 e. The van der Waals surface area contributed by atoms with Crippen LogP contribution >= 0.6 is 11.6 Å². The summed E-state index contributed by atoms with van der Waals surface area (Å²) in [5.41, 5.74) is -0.00268. The van der Waals surface area contributed by atoms with Crippen molar-refractivity contribution in [2.24, 2.45) is 0 Å². The minimum absolute atomic E-state index is 0.00268. The van der Waals surface area contributed by atoms with Gasteiger partial charge in [0, 0.05) is 17.3 Å². The number of rotatable bonds is 4. The number of nitrogens with zero attached hydrogens (tertiary/aromatic N) is 1. The third kappa shape index (κ3) is 2.95. The highest BCUT2D eigenvalue weighted by Gasteiger charge is 2.15. The predicted octanol–water partition coefficient (Wildman–Crippen LogP) is 3.23. The third-order valence-corrected chi connectivity index (χ3v) is 2.57. The van der Waals surface area contributed by atoms with Crippen LogP contribution in [0.5, 0.6) is 17.4 Å². The summed E-state index contributed by atoms with van der Waals surface area (Å²) in [6, 6.07) is 7.61. The fourth-order valence-corrected chi connectivity index (χ4v) is 1.63. The van der Waals surface area contributed by atoms with E-state index >= 15 is 0 Å². The maximum Gasteiger partial charge on any atom is 0.339 e. The summed E-state index contributed by atoms with van der Waals surface area (Å²) in [5, 5.41) is 9.46. The van der Waals surface area contributed by atoms with Gasteiger partial charge in [0.1, 0.15) is 11.3 Å². The second-order valence-corrected chi connectivity index (χ2v) is 3.99. The van der Waals surface area contributed by atoms with E-state index in [1.807, 2.05) is 0 Å². The first-order valence-corrected chi connectivity index (χ1v) is 5.69. The van der Waals surface area contributed by atoms with Crippen molar-refractivity contribution in [2.45, 2.75) is 0 Å². The van der Waals surface area contributed by atoms with Crippen LogP contribution in [-0.4, -0.2) is 23.2 Å². The van der Waals surface area contributed by atoms with Crippen LogP contribution in [0.4, 0.5) is 0 Å². The molecule has 19 heavy (non-hydrogen) atoms. The van der Waals surface area contributed by atoms with Crippen molar-refractivity contribution in [3.8, 4) is 17.4 Å². The minimum atomic E-state index is -1.11. The molecule has 0 aliphatic carbocycles. The maximum absolute atomic E-state index is 11.1. The van der Waals surface area contributed by atoms with Crippen LogP contribution in [0.2, 0.25) is 5.02 Å². The smallest absolute Gasteiger partial charge is 0.339 e. The normalized spacial score (nSPS) is 10.0. The Balaban J connectivity index is 2.42. The van der Waals surface area contributed by atoms with Gasteiger partial charge in [0.15, 0.2) is 5.75 Å². The van der Waals surface area contributed by atoms with Crippen molar-refractivity contribution in [1.82, 2.24) is 4.98 Å². The first kappa shape index (κ1) is 13.2. The summed E-state index contributed by atoms with van der Waals surface area (Å²) in [6.07, 6.45) is 1.52. The Morgan fingerprint density at radius 3 is 2.79 bits per heavy atom. The second-order valence-electron chi connectivity index (χ2n) is 3.56. The molecular weight excluding hydrogens is 270 g/mol. The van der Waals surface area contributed by atoms with Crippen molar-refractivity contribution < 1.29 is 19.4 Å². The topological polar surface area (TPSA) is 68.7 Å². The molecule has 0 amide bonds. The molecule has 0 radical (unpaired) electrons. The SMILES string of the molecule is COc1cccnc1Oc1cc(Cl)ccc1C(=O)O. The lowest BCUT2D eigenvalue weighted by molar-refractivity contribution is 0.0694. The highest BCUT2D eigenvalue weighted by atomic mass is 35.5. The number of pyridine rings is 1. The van der Waals surface area contributed by atoms with Gasteiger partial charge in [-0.3, -0.25) is 0 Å². The molecule has 6 heteroatoms. The fourth-order valence-electron chi connectivity index (χ4n) is 1.47. The predicted molar refractivity (Wildman–Crippen MR) is 69.3 cm³/mol. The highest BCUT2D eigenvalue weighted by molar-refractivity contribution is 6.30. The Morgan fingerprint density at radius 2 is 2.11 bits per heavy atom. The van der Waals surface area contributed by atoms with Gasteiger partial charge in [-0.1, -0.05) is 11.6 Å². The van der Waals surface area contributed by atoms with E-state index in [2.05, 4.69) is 4.98 Å². The van der Waals surface area contributed by atoms with Crippen LogP contribution in [-0.2, 0) is 0 Å². The van der Waals surface area contributed by atoms with E-state index in [0.29, 0.717) is 10.8 Å². The average Bonchev–Trinajstić information content (AvgIpc) is 2.39. The van der Waals surface area contributed by atoms with Crippen LogP contribution in [0.15, 0.2) is 36.5 Å². The number of carboxylic acids is 1. The van der Waals surface area contributed by atoms with E-state index in [9.17, 15) is 4.79 Å². The molecule has 0 saturated heterocycles. The Hall–Kier alpha value is -2.27. The summed E-state index contributed by atoms with van der Waals surface area (Å²) in [6.45, 7) is 0. The number of carboxylic acid groups (broad SMARTS) is 1. The number of aromatic carboxylic acids is 1. The summed E-state index contributed by atoms with van der Waals surface area (Å²) in [5.74, 6) is -0.424. The number of aromatic nitrogens is 1. The maximum atomic E-state index is 11.1. The number of hydrogen-bond donors (Lipinski definition) is 1. The molecule has 0 spiro atoms. The molecule has 1 N–H and O–H groups in total. The monoisotopic (exact) mass is 279 g/mol. The van der Waals surface area contributed by atoms with E-state index in [0.717, 1.165) is 0 Å². The number of benzene rings is 1. The van der Waals surface area contributed by atoms with E-state index in [-0.39, 0.29) is 17.2 Å². The summed E-state index contributed by atoms with van der Waals surface area (Å²) in [4.78, 5) is 15.1. The Labute approximate surface area is 114 Å². The zero-order valence-electron chi connectivity index (χ0n) is 9.96. The highest BCUT2D eigenvalue weighted by Crippen LogP contribution is 2.32. The van der Waals surface area contributed by atoms with E-state index in [1.165, 1.54) is 31.5 Å². The lowest BCUT2D eigenvalue weighted by Gasteiger charge is -2.10. The molecule has 0 atom stereocenters. The van der Waals surface area contributed by atoms with Crippen molar-refractivity contribution in [3.63, 3.8) is 0 Å². The second kappa shape index (κ2) is 5.58. The molecule has 5 nitrogen and oxygen atoms in total. The zero-order chi connectivity index (χ0) is 13.8. The molecule has 0 bridgehead atoms. The molecule has 98 valence electrons. The first-order chi connectivity index (χ1) is 9.11. The zero-order valence-corrected chi connectivity index (χ0v) is 10.7. The van der Waals surface area contributed by atoms with Gasteiger partial charge in [-0.2, -0.15) is 0 Å². The van der Waals surface area contributed by atoms with Crippen LogP contribution in [0.25, 0.3) is 0 Å². The van der Waals surface area contributed by atoms with Crippen molar-refractivity contribution in [1.29, 1.82) is 0 Å². The van der Waals surface area contributed by atoms with Gasteiger partial charge in [-0.15, -0.1) is 0 Å². The largest absolute Gasteiger partial charge is 0.491 e. The van der Waals surface area contributed by atoms with E-state index < -0.39 is 5.97 Å². The van der Waals surface area contributed by atoms with E-state index in [4.69, 9.17) is 26.2 Å². The summed E-state index contributed by atoms with van der Waals surface area (Å²) >= 11 is 5.84. The Kier molecular flexibility index (Phi) is 3.87. The summed E-state index contributed by atoms with van der Waals surface area (Å²) in [7, 11) is 1.47. The van der Waals surface area contributed by atoms with Crippen LogP contribution in [0, 0.1) is 0 Å².